The summed E-state index contributed by atoms with van der Waals surface area (Å²) < 4.78 is 5.83. The molecule has 0 amide bonds. The summed E-state index contributed by atoms with van der Waals surface area (Å²) in [4.78, 5) is 11.1. The average Bonchev–Trinajstić information content (AvgIpc) is 2.75. The van der Waals surface area contributed by atoms with E-state index in [4.69, 9.17) is 5.73 Å². The molecule has 0 aliphatic rings. The van der Waals surface area contributed by atoms with Crippen molar-refractivity contribution in [1.29, 1.82) is 0 Å². The Bertz CT molecular complexity index is 506. The van der Waals surface area contributed by atoms with Crippen LogP contribution in [0.5, 0.6) is 0 Å². The van der Waals surface area contributed by atoms with Crippen molar-refractivity contribution in [1.82, 2.24) is 0 Å². The molecule has 0 aliphatic carbocycles. The summed E-state index contributed by atoms with van der Waals surface area (Å²) in [7, 11) is 1.37. The van der Waals surface area contributed by atoms with Crippen molar-refractivity contribution in [2.45, 2.75) is 12.5 Å². The second-order valence-corrected chi connectivity index (χ2v) is 4.55. The Morgan fingerprint density at radius 2 is 2.31 bits per heavy atom. The number of benzene rings is 1. The standard InChI is InChI=1S/C12H13NO2S/c1-15-12(14)7-10(13)8-2-3-11-9(6-8)4-5-16-11/h2-6,10H,7,13H2,1H3. The van der Waals surface area contributed by atoms with Crippen molar-refractivity contribution < 1.29 is 9.53 Å². The van der Waals surface area contributed by atoms with E-state index in [0.717, 1.165) is 5.56 Å². The number of methoxy groups -OCH3 is 1. The predicted octanol–water partition coefficient (Wildman–Crippen LogP) is 2.46. The van der Waals surface area contributed by atoms with Gasteiger partial charge in [0.15, 0.2) is 0 Å². The Morgan fingerprint density at radius 3 is 3.06 bits per heavy atom. The first-order chi connectivity index (χ1) is 7.70. The van der Waals surface area contributed by atoms with Crippen LogP contribution in [0, 0.1) is 0 Å². The van der Waals surface area contributed by atoms with Crippen molar-refractivity contribution in [3.05, 3.63) is 35.2 Å². The van der Waals surface area contributed by atoms with Crippen molar-refractivity contribution >= 4 is 27.4 Å². The van der Waals surface area contributed by atoms with E-state index in [1.165, 1.54) is 17.2 Å². The molecule has 16 heavy (non-hydrogen) atoms. The van der Waals surface area contributed by atoms with Gasteiger partial charge in [-0.3, -0.25) is 4.79 Å². The quantitative estimate of drug-likeness (QED) is 0.831. The molecule has 1 heterocycles. The molecule has 1 aromatic carbocycles. The van der Waals surface area contributed by atoms with Crippen LogP contribution in [0.3, 0.4) is 0 Å². The summed E-state index contributed by atoms with van der Waals surface area (Å²) in [6, 6.07) is 7.78. The molecule has 84 valence electrons. The molecule has 0 saturated heterocycles. The number of ether oxygens (including phenoxy) is 1. The molecule has 1 aromatic heterocycles. The van der Waals surface area contributed by atoms with Crippen LogP contribution in [0.15, 0.2) is 29.6 Å². The Morgan fingerprint density at radius 1 is 1.50 bits per heavy atom. The van der Waals surface area contributed by atoms with E-state index in [1.807, 2.05) is 29.6 Å². The molecule has 0 aliphatic heterocycles. The molecular formula is C12H13NO2S. The zero-order chi connectivity index (χ0) is 11.5. The maximum Gasteiger partial charge on any atom is 0.307 e. The number of nitrogens with two attached hydrogens (primary N) is 1. The van der Waals surface area contributed by atoms with Crippen LogP contribution in [-0.2, 0) is 9.53 Å². The molecule has 0 bridgehead atoms. The Hall–Kier alpha value is -1.39. The molecule has 2 rings (SSSR count). The van der Waals surface area contributed by atoms with Crippen LogP contribution < -0.4 is 5.73 Å². The minimum absolute atomic E-state index is 0.214. The van der Waals surface area contributed by atoms with E-state index in [-0.39, 0.29) is 18.4 Å². The molecule has 0 fully saturated rings. The molecule has 2 N–H and O–H groups in total. The number of fused-ring (bicyclic) bond motifs is 1. The molecule has 4 heteroatoms. The lowest BCUT2D eigenvalue weighted by Crippen LogP contribution is -2.16. The van der Waals surface area contributed by atoms with Gasteiger partial charge in [-0.25, -0.2) is 0 Å². The third kappa shape index (κ3) is 2.23. The molecular weight excluding hydrogens is 222 g/mol. The number of hydrogen-bond donors (Lipinski definition) is 1. The topological polar surface area (TPSA) is 52.3 Å². The van der Waals surface area contributed by atoms with Crippen molar-refractivity contribution in [3.8, 4) is 0 Å². The predicted molar refractivity (Wildman–Crippen MR) is 65.4 cm³/mol. The molecule has 1 unspecified atom stereocenters. The van der Waals surface area contributed by atoms with Crippen LogP contribution in [0.4, 0.5) is 0 Å². The van der Waals surface area contributed by atoms with Crippen LogP contribution in [-0.4, -0.2) is 13.1 Å². The maximum absolute atomic E-state index is 11.1. The Labute approximate surface area is 97.8 Å². The second-order valence-electron chi connectivity index (χ2n) is 3.60. The van der Waals surface area contributed by atoms with Crippen LogP contribution in [0.25, 0.3) is 10.1 Å². The van der Waals surface area contributed by atoms with Crippen LogP contribution >= 0.6 is 11.3 Å². The first-order valence-corrected chi connectivity index (χ1v) is 5.88. The van der Waals surface area contributed by atoms with E-state index in [0.29, 0.717) is 0 Å². The van der Waals surface area contributed by atoms with Gasteiger partial charge in [-0.15, -0.1) is 11.3 Å². The lowest BCUT2D eigenvalue weighted by molar-refractivity contribution is -0.141. The monoisotopic (exact) mass is 235 g/mol. The highest BCUT2D eigenvalue weighted by atomic mass is 32.1. The molecule has 0 radical (unpaired) electrons. The largest absolute Gasteiger partial charge is 0.469 e. The fraction of sp³-hybridized carbons (Fsp3) is 0.250. The number of rotatable bonds is 3. The smallest absolute Gasteiger partial charge is 0.307 e. The Balaban J connectivity index is 2.22. The molecule has 1 atom stereocenters. The number of thiophene rings is 1. The first kappa shape index (κ1) is 11.1. The Kier molecular flexibility index (Phi) is 3.22. The van der Waals surface area contributed by atoms with Gasteiger partial charge >= 0.3 is 5.97 Å². The van der Waals surface area contributed by atoms with E-state index in [2.05, 4.69) is 4.74 Å². The van der Waals surface area contributed by atoms with Gasteiger partial charge in [-0.05, 0) is 34.5 Å². The van der Waals surface area contributed by atoms with Crippen LogP contribution in [0.2, 0.25) is 0 Å². The zero-order valence-corrected chi connectivity index (χ0v) is 9.79. The summed E-state index contributed by atoms with van der Waals surface area (Å²) in [5.74, 6) is -0.280. The minimum atomic E-state index is -0.295. The fourth-order valence-corrected chi connectivity index (χ4v) is 2.37. The molecule has 0 saturated carbocycles. The van der Waals surface area contributed by atoms with Gasteiger partial charge in [0.05, 0.1) is 13.5 Å². The normalized spacial score (nSPS) is 12.6. The van der Waals surface area contributed by atoms with Crippen molar-refractivity contribution in [2.24, 2.45) is 5.73 Å². The van der Waals surface area contributed by atoms with Crippen molar-refractivity contribution in [3.63, 3.8) is 0 Å². The number of hydrogen-bond acceptors (Lipinski definition) is 4. The van der Waals surface area contributed by atoms with Gasteiger partial charge in [0, 0.05) is 10.7 Å². The second kappa shape index (κ2) is 4.63. The first-order valence-electron chi connectivity index (χ1n) is 5.00. The van der Waals surface area contributed by atoms with Gasteiger partial charge in [-0.1, -0.05) is 6.07 Å². The number of esters is 1. The highest BCUT2D eigenvalue weighted by molar-refractivity contribution is 7.17. The van der Waals surface area contributed by atoms with Gasteiger partial charge in [-0.2, -0.15) is 0 Å². The van der Waals surface area contributed by atoms with Gasteiger partial charge in [0.2, 0.25) is 0 Å². The number of carbonyl (C=O) groups is 1. The third-order valence-corrected chi connectivity index (χ3v) is 3.42. The summed E-state index contributed by atoms with van der Waals surface area (Å²) in [6.45, 7) is 0. The molecule has 2 aromatic rings. The SMILES string of the molecule is COC(=O)CC(N)c1ccc2sccc2c1. The summed E-state index contributed by atoms with van der Waals surface area (Å²) in [5.41, 5.74) is 6.90. The van der Waals surface area contributed by atoms with Gasteiger partial charge in [0.1, 0.15) is 0 Å². The summed E-state index contributed by atoms with van der Waals surface area (Å²) in [6.07, 6.45) is 0.214. The average molecular weight is 235 g/mol. The minimum Gasteiger partial charge on any atom is -0.469 e. The van der Waals surface area contributed by atoms with Gasteiger partial charge in [0.25, 0.3) is 0 Å². The lowest BCUT2D eigenvalue weighted by atomic mass is 10.0. The molecule has 3 nitrogen and oxygen atoms in total. The van der Waals surface area contributed by atoms with E-state index in [9.17, 15) is 4.79 Å². The number of carbonyl (C=O) groups excluding carboxylic acids is 1. The van der Waals surface area contributed by atoms with E-state index < -0.39 is 0 Å². The maximum atomic E-state index is 11.1. The van der Waals surface area contributed by atoms with Crippen molar-refractivity contribution in [2.75, 3.05) is 7.11 Å². The van der Waals surface area contributed by atoms with E-state index in [1.54, 1.807) is 11.3 Å². The lowest BCUT2D eigenvalue weighted by Gasteiger charge is -2.10. The summed E-state index contributed by atoms with van der Waals surface area (Å²) >= 11 is 1.69. The summed E-state index contributed by atoms with van der Waals surface area (Å²) in [5, 5.41) is 3.21. The van der Waals surface area contributed by atoms with Gasteiger partial charge < -0.3 is 10.5 Å². The molecule has 0 spiro atoms. The highest BCUT2D eigenvalue weighted by Gasteiger charge is 2.12. The highest BCUT2D eigenvalue weighted by Crippen LogP contribution is 2.25. The van der Waals surface area contributed by atoms with Crippen LogP contribution in [0.1, 0.15) is 18.0 Å². The fourth-order valence-electron chi connectivity index (χ4n) is 1.60. The third-order valence-electron chi connectivity index (χ3n) is 2.52. The zero-order valence-electron chi connectivity index (χ0n) is 8.97. The van der Waals surface area contributed by atoms with E-state index >= 15 is 0 Å².